The van der Waals surface area contributed by atoms with Gasteiger partial charge in [-0.1, -0.05) is 47.5 Å². The summed E-state index contributed by atoms with van der Waals surface area (Å²) in [7, 11) is 0. The van der Waals surface area contributed by atoms with Gasteiger partial charge in [0.05, 0.1) is 5.57 Å². The van der Waals surface area contributed by atoms with E-state index < -0.39 is 0 Å². The SMILES string of the molecule is C=CCN1C(=O)C(Nc2ccc(C)c(Cl)c2)=C(c2ccc(C)cc2C)C1=O. The molecule has 0 aliphatic carbocycles. The fourth-order valence-corrected chi connectivity index (χ4v) is 3.33. The summed E-state index contributed by atoms with van der Waals surface area (Å²) in [6, 6.07) is 11.3. The Labute approximate surface area is 164 Å². The third-order valence-electron chi connectivity index (χ3n) is 4.57. The number of benzene rings is 2. The number of halogens is 1. The molecule has 3 rings (SSSR count). The fourth-order valence-electron chi connectivity index (χ4n) is 3.15. The summed E-state index contributed by atoms with van der Waals surface area (Å²) in [5, 5.41) is 3.71. The van der Waals surface area contributed by atoms with Crippen molar-refractivity contribution < 1.29 is 9.59 Å². The predicted molar refractivity (Wildman–Crippen MR) is 110 cm³/mol. The van der Waals surface area contributed by atoms with Gasteiger partial charge in [-0.2, -0.15) is 0 Å². The molecule has 4 nitrogen and oxygen atoms in total. The Morgan fingerprint density at radius 3 is 2.41 bits per heavy atom. The highest BCUT2D eigenvalue weighted by atomic mass is 35.5. The number of amides is 2. The molecular formula is C22H21ClN2O2. The first kappa shape index (κ1) is 18.9. The van der Waals surface area contributed by atoms with Crippen molar-refractivity contribution >= 4 is 34.7 Å². The van der Waals surface area contributed by atoms with Gasteiger partial charge in [-0.05, 0) is 49.6 Å². The maximum atomic E-state index is 13.0. The van der Waals surface area contributed by atoms with Crippen LogP contribution in [0.3, 0.4) is 0 Å². The Hall–Kier alpha value is -2.85. The molecule has 0 aromatic heterocycles. The van der Waals surface area contributed by atoms with Crippen LogP contribution >= 0.6 is 11.6 Å². The quantitative estimate of drug-likeness (QED) is 0.607. The summed E-state index contributed by atoms with van der Waals surface area (Å²) < 4.78 is 0. The average molecular weight is 381 g/mol. The van der Waals surface area contributed by atoms with Crippen molar-refractivity contribution in [3.05, 3.63) is 82.0 Å². The minimum absolute atomic E-state index is 0.159. The molecule has 5 heteroatoms. The molecule has 0 radical (unpaired) electrons. The van der Waals surface area contributed by atoms with Gasteiger partial charge in [0.15, 0.2) is 0 Å². The summed E-state index contributed by atoms with van der Waals surface area (Å²) in [4.78, 5) is 27.1. The smallest absolute Gasteiger partial charge is 0.278 e. The number of hydrogen-bond acceptors (Lipinski definition) is 3. The zero-order valence-electron chi connectivity index (χ0n) is 15.6. The third kappa shape index (κ3) is 3.53. The topological polar surface area (TPSA) is 49.4 Å². The van der Waals surface area contributed by atoms with Crippen molar-refractivity contribution in [3.63, 3.8) is 0 Å². The van der Waals surface area contributed by atoms with Crippen LogP contribution in [-0.2, 0) is 9.59 Å². The number of rotatable bonds is 5. The lowest BCUT2D eigenvalue weighted by molar-refractivity contribution is -0.136. The van der Waals surface area contributed by atoms with Gasteiger partial charge in [-0.15, -0.1) is 6.58 Å². The van der Waals surface area contributed by atoms with Crippen LogP contribution in [0.5, 0.6) is 0 Å². The molecule has 138 valence electrons. The van der Waals surface area contributed by atoms with E-state index in [9.17, 15) is 9.59 Å². The Morgan fingerprint density at radius 1 is 1.04 bits per heavy atom. The molecule has 1 aliphatic heterocycles. The molecule has 2 aromatic carbocycles. The minimum Gasteiger partial charge on any atom is -0.350 e. The second-order valence-corrected chi connectivity index (χ2v) is 7.07. The van der Waals surface area contributed by atoms with Crippen LogP contribution in [0.4, 0.5) is 5.69 Å². The average Bonchev–Trinajstić information content (AvgIpc) is 2.83. The van der Waals surface area contributed by atoms with Crippen molar-refractivity contribution in [1.29, 1.82) is 0 Å². The number of aryl methyl sites for hydroxylation is 3. The van der Waals surface area contributed by atoms with Crippen LogP contribution in [0.1, 0.15) is 22.3 Å². The second-order valence-electron chi connectivity index (χ2n) is 6.67. The van der Waals surface area contributed by atoms with E-state index in [1.807, 2.05) is 51.1 Å². The normalized spacial score (nSPS) is 14.1. The second kappa shape index (κ2) is 7.41. The van der Waals surface area contributed by atoms with Crippen LogP contribution in [0.2, 0.25) is 5.02 Å². The molecule has 0 atom stereocenters. The summed E-state index contributed by atoms with van der Waals surface area (Å²) in [6.45, 7) is 9.64. The number of carbonyl (C=O) groups excluding carboxylic acids is 2. The van der Waals surface area contributed by atoms with Crippen molar-refractivity contribution in [2.45, 2.75) is 20.8 Å². The summed E-state index contributed by atoms with van der Waals surface area (Å²) in [6.07, 6.45) is 1.54. The van der Waals surface area contributed by atoms with Gasteiger partial charge in [0, 0.05) is 17.3 Å². The zero-order chi connectivity index (χ0) is 19.7. The van der Waals surface area contributed by atoms with E-state index >= 15 is 0 Å². The molecule has 0 saturated carbocycles. The molecule has 27 heavy (non-hydrogen) atoms. The van der Waals surface area contributed by atoms with E-state index in [1.165, 1.54) is 4.90 Å². The van der Waals surface area contributed by atoms with E-state index in [0.717, 1.165) is 22.3 Å². The van der Waals surface area contributed by atoms with Crippen molar-refractivity contribution in [3.8, 4) is 0 Å². The molecule has 0 fully saturated rings. The molecular weight excluding hydrogens is 360 g/mol. The molecule has 0 spiro atoms. The van der Waals surface area contributed by atoms with Gasteiger partial charge < -0.3 is 5.32 Å². The third-order valence-corrected chi connectivity index (χ3v) is 4.98. The molecule has 0 saturated heterocycles. The molecule has 0 bridgehead atoms. The Balaban J connectivity index is 2.13. The molecule has 1 heterocycles. The maximum Gasteiger partial charge on any atom is 0.278 e. The van der Waals surface area contributed by atoms with Crippen LogP contribution in [0, 0.1) is 20.8 Å². The number of anilines is 1. The van der Waals surface area contributed by atoms with Crippen molar-refractivity contribution in [1.82, 2.24) is 4.90 Å². The Morgan fingerprint density at radius 2 is 1.78 bits per heavy atom. The summed E-state index contributed by atoms with van der Waals surface area (Å²) in [5.74, 6) is -0.695. The van der Waals surface area contributed by atoms with Crippen LogP contribution in [0.25, 0.3) is 5.57 Å². The summed E-state index contributed by atoms with van der Waals surface area (Å²) >= 11 is 6.21. The monoisotopic (exact) mass is 380 g/mol. The predicted octanol–water partition coefficient (Wildman–Crippen LogP) is 4.64. The van der Waals surface area contributed by atoms with Gasteiger partial charge in [-0.3, -0.25) is 14.5 Å². The zero-order valence-corrected chi connectivity index (χ0v) is 16.4. The Bertz CT molecular complexity index is 992. The van der Waals surface area contributed by atoms with Crippen molar-refractivity contribution in [2.75, 3.05) is 11.9 Å². The lowest BCUT2D eigenvalue weighted by Crippen LogP contribution is -2.32. The van der Waals surface area contributed by atoms with E-state index in [2.05, 4.69) is 11.9 Å². The summed E-state index contributed by atoms with van der Waals surface area (Å²) in [5.41, 5.74) is 5.00. The molecule has 2 aromatic rings. The van der Waals surface area contributed by atoms with Crippen LogP contribution in [0.15, 0.2) is 54.8 Å². The minimum atomic E-state index is -0.369. The highest BCUT2D eigenvalue weighted by molar-refractivity contribution is 6.37. The van der Waals surface area contributed by atoms with Crippen LogP contribution < -0.4 is 5.32 Å². The number of carbonyl (C=O) groups is 2. The molecule has 1 aliphatic rings. The number of nitrogens with zero attached hydrogens (tertiary/aromatic N) is 1. The molecule has 1 N–H and O–H groups in total. The van der Waals surface area contributed by atoms with E-state index in [4.69, 9.17) is 11.6 Å². The lowest BCUT2D eigenvalue weighted by Gasteiger charge is -2.13. The fraction of sp³-hybridized carbons (Fsp3) is 0.182. The maximum absolute atomic E-state index is 13.0. The highest BCUT2D eigenvalue weighted by Crippen LogP contribution is 2.33. The van der Waals surface area contributed by atoms with Crippen molar-refractivity contribution in [2.24, 2.45) is 0 Å². The van der Waals surface area contributed by atoms with Crippen LogP contribution in [-0.4, -0.2) is 23.3 Å². The van der Waals surface area contributed by atoms with E-state index in [1.54, 1.807) is 12.1 Å². The standard InChI is InChI=1S/C22H21ClN2O2/c1-5-10-25-21(26)19(17-9-6-13(2)11-15(17)4)20(22(25)27)24-16-8-7-14(3)18(23)12-16/h5-9,11-12,24H,1,10H2,2-4H3. The Kier molecular flexibility index (Phi) is 5.19. The highest BCUT2D eigenvalue weighted by Gasteiger charge is 2.39. The van der Waals surface area contributed by atoms with Gasteiger partial charge >= 0.3 is 0 Å². The first-order chi connectivity index (χ1) is 12.8. The molecule has 0 unspecified atom stereocenters. The molecule has 2 amide bonds. The van der Waals surface area contributed by atoms with E-state index in [-0.39, 0.29) is 24.1 Å². The number of nitrogens with one attached hydrogen (secondary N) is 1. The van der Waals surface area contributed by atoms with E-state index in [0.29, 0.717) is 16.3 Å². The lowest BCUT2D eigenvalue weighted by atomic mass is 9.97. The van der Waals surface area contributed by atoms with Gasteiger partial charge in [0.2, 0.25) is 0 Å². The first-order valence-corrected chi connectivity index (χ1v) is 9.03. The van der Waals surface area contributed by atoms with Gasteiger partial charge in [-0.25, -0.2) is 0 Å². The number of imide groups is 1. The largest absolute Gasteiger partial charge is 0.350 e. The number of hydrogen-bond donors (Lipinski definition) is 1. The first-order valence-electron chi connectivity index (χ1n) is 8.65. The van der Waals surface area contributed by atoms with Gasteiger partial charge in [0.1, 0.15) is 5.70 Å². The van der Waals surface area contributed by atoms with Gasteiger partial charge in [0.25, 0.3) is 11.8 Å².